The van der Waals surface area contributed by atoms with Crippen molar-refractivity contribution in [3.05, 3.63) is 23.8 Å². The van der Waals surface area contributed by atoms with E-state index < -0.39 is 0 Å². The van der Waals surface area contributed by atoms with Crippen LogP contribution in [0.5, 0.6) is 11.5 Å². The predicted octanol–water partition coefficient (Wildman–Crippen LogP) is 3.40. The van der Waals surface area contributed by atoms with Gasteiger partial charge in [0.15, 0.2) is 11.5 Å². The maximum atomic E-state index is 12.6. The number of nitrogens with one attached hydrogen (secondary N) is 1. The Kier molecular flexibility index (Phi) is 6.93. The third-order valence-corrected chi connectivity index (χ3v) is 5.78. The lowest BCUT2D eigenvalue weighted by molar-refractivity contribution is -0.124. The minimum atomic E-state index is -0.211. The van der Waals surface area contributed by atoms with Gasteiger partial charge in [-0.05, 0) is 42.5 Å². The first-order chi connectivity index (χ1) is 12.4. The third kappa shape index (κ3) is 4.91. The monoisotopic (exact) mass is 362 g/mol. The number of carbonyl (C=O) groups is 1. The minimum absolute atomic E-state index is 0.00416. The molecule has 26 heavy (non-hydrogen) atoms. The maximum Gasteiger partial charge on any atom is 0.220 e. The second-order valence-electron chi connectivity index (χ2n) is 8.17. The number of carbonyl (C=O) groups excluding carboxylic acids is 1. The minimum Gasteiger partial charge on any atom is -0.493 e. The first-order valence-electron chi connectivity index (χ1n) is 9.55. The van der Waals surface area contributed by atoms with Gasteiger partial charge in [-0.2, -0.15) is 0 Å². The van der Waals surface area contributed by atoms with Crippen LogP contribution in [0.3, 0.4) is 0 Å². The zero-order chi connectivity index (χ0) is 19.2. The van der Waals surface area contributed by atoms with Gasteiger partial charge in [0.05, 0.1) is 14.2 Å². The highest BCUT2D eigenvalue weighted by molar-refractivity contribution is 5.77. The summed E-state index contributed by atoms with van der Waals surface area (Å²) in [5.41, 5.74) is 6.90. The van der Waals surface area contributed by atoms with Crippen molar-refractivity contribution in [3.8, 4) is 11.5 Å². The summed E-state index contributed by atoms with van der Waals surface area (Å²) in [6, 6.07) is 5.91. The first-order valence-corrected chi connectivity index (χ1v) is 9.55. The van der Waals surface area contributed by atoms with Gasteiger partial charge in [0.1, 0.15) is 0 Å². The second-order valence-corrected chi connectivity index (χ2v) is 8.17. The molecule has 1 aromatic rings. The Morgan fingerprint density at radius 1 is 1.15 bits per heavy atom. The smallest absolute Gasteiger partial charge is 0.220 e. The fourth-order valence-electron chi connectivity index (χ4n) is 3.84. The fourth-order valence-corrected chi connectivity index (χ4v) is 3.84. The Morgan fingerprint density at radius 2 is 1.81 bits per heavy atom. The van der Waals surface area contributed by atoms with E-state index in [-0.39, 0.29) is 16.7 Å². The van der Waals surface area contributed by atoms with Gasteiger partial charge >= 0.3 is 0 Å². The Balaban J connectivity index is 1.99. The number of nitrogens with two attached hydrogens (primary N) is 1. The largest absolute Gasteiger partial charge is 0.493 e. The van der Waals surface area contributed by atoms with Crippen LogP contribution in [0.1, 0.15) is 57.9 Å². The molecule has 2 rings (SSSR count). The highest BCUT2D eigenvalue weighted by Gasteiger charge is 2.33. The van der Waals surface area contributed by atoms with E-state index in [1.165, 1.54) is 19.3 Å². The molecule has 0 aliphatic heterocycles. The van der Waals surface area contributed by atoms with E-state index in [0.29, 0.717) is 31.0 Å². The highest BCUT2D eigenvalue weighted by Crippen LogP contribution is 2.38. The Labute approximate surface area is 157 Å². The summed E-state index contributed by atoms with van der Waals surface area (Å²) in [6.07, 6.45) is 6.29. The molecular weight excluding hydrogens is 328 g/mol. The molecule has 1 aliphatic rings. The molecule has 146 valence electrons. The quantitative estimate of drug-likeness (QED) is 0.743. The summed E-state index contributed by atoms with van der Waals surface area (Å²) in [5.74, 6) is 1.51. The van der Waals surface area contributed by atoms with E-state index >= 15 is 0 Å². The van der Waals surface area contributed by atoms with Crippen molar-refractivity contribution >= 4 is 5.91 Å². The Morgan fingerprint density at radius 3 is 2.38 bits per heavy atom. The van der Waals surface area contributed by atoms with Crippen molar-refractivity contribution in [2.24, 2.45) is 11.1 Å². The van der Waals surface area contributed by atoms with Gasteiger partial charge in [-0.1, -0.05) is 39.2 Å². The van der Waals surface area contributed by atoms with Crippen LogP contribution < -0.4 is 20.5 Å². The lowest BCUT2D eigenvalue weighted by atomic mass is 9.71. The van der Waals surface area contributed by atoms with Gasteiger partial charge in [-0.15, -0.1) is 0 Å². The number of rotatable bonds is 8. The lowest BCUT2D eigenvalue weighted by Crippen LogP contribution is -2.42. The Hall–Kier alpha value is -1.75. The van der Waals surface area contributed by atoms with Gasteiger partial charge < -0.3 is 20.5 Å². The summed E-state index contributed by atoms with van der Waals surface area (Å²) in [5, 5.41) is 3.13. The molecule has 1 amide bonds. The number of amides is 1. The molecule has 5 heteroatoms. The van der Waals surface area contributed by atoms with Crippen LogP contribution in [0.2, 0.25) is 0 Å². The first kappa shape index (κ1) is 20.6. The van der Waals surface area contributed by atoms with Crippen LogP contribution in [0.15, 0.2) is 18.2 Å². The van der Waals surface area contributed by atoms with Gasteiger partial charge in [0.2, 0.25) is 5.91 Å². The van der Waals surface area contributed by atoms with E-state index in [2.05, 4.69) is 19.2 Å². The molecule has 1 saturated carbocycles. The van der Waals surface area contributed by atoms with Crippen LogP contribution >= 0.6 is 0 Å². The molecule has 0 radical (unpaired) electrons. The molecule has 3 N–H and O–H groups in total. The number of methoxy groups -OCH3 is 2. The third-order valence-electron chi connectivity index (χ3n) is 5.78. The molecule has 1 aromatic carbocycles. The van der Waals surface area contributed by atoms with Gasteiger partial charge in [-0.3, -0.25) is 4.79 Å². The number of benzene rings is 1. The molecule has 0 aromatic heterocycles. The summed E-state index contributed by atoms with van der Waals surface area (Å²) in [4.78, 5) is 12.6. The van der Waals surface area contributed by atoms with E-state index in [1.54, 1.807) is 14.2 Å². The molecule has 1 aliphatic carbocycles. The van der Waals surface area contributed by atoms with Crippen LogP contribution in [0.25, 0.3) is 0 Å². The molecule has 0 saturated heterocycles. The molecule has 0 heterocycles. The van der Waals surface area contributed by atoms with Crippen LogP contribution in [0, 0.1) is 5.41 Å². The van der Waals surface area contributed by atoms with Crippen molar-refractivity contribution in [1.82, 2.24) is 5.32 Å². The van der Waals surface area contributed by atoms with Gasteiger partial charge in [0.25, 0.3) is 0 Å². The summed E-state index contributed by atoms with van der Waals surface area (Å²) in [6.45, 7) is 5.41. The zero-order valence-electron chi connectivity index (χ0n) is 16.7. The van der Waals surface area contributed by atoms with Gasteiger partial charge in [0, 0.05) is 18.4 Å². The summed E-state index contributed by atoms with van der Waals surface area (Å²) in [7, 11) is 3.26. The van der Waals surface area contributed by atoms with E-state index in [4.69, 9.17) is 15.2 Å². The number of hydrogen-bond acceptors (Lipinski definition) is 4. The molecule has 0 spiro atoms. The average molecular weight is 363 g/mol. The summed E-state index contributed by atoms with van der Waals surface area (Å²) < 4.78 is 10.7. The molecular formula is C21H34N2O3. The zero-order valence-corrected chi connectivity index (χ0v) is 16.7. The molecule has 0 atom stereocenters. The number of hydrogen-bond donors (Lipinski definition) is 2. The van der Waals surface area contributed by atoms with E-state index in [9.17, 15) is 4.79 Å². The number of ether oxygens (including phenoxy) is 2. The lowest BCUT2D eigenvalue weighted by Gasteiger charge is -2.36. The van der Waals surface area contributed by atoms with Gasteiger partial charge in [-0.25, -0.2) is 0 Å². The van der Waals surface area contributed by atoms with Crippen LogP contribution in [-0.4, -0.2) is 33.2 Å². The second kappa shape index (κ2) is 8.76. The molecule has 0 bridgehead atoms. The van der Waals surface area contributed by atoms with Crippen molar-refractivity contribution < 1.29 is 14.3 Å². The van der Waals surface area contributed by atoms with Crippen molar-refractivity contribution in [1.29, 1.82) is 0 Å². The molecule has 1 fully saturated rings. The van der Waals surface area contributed by atoms with Crippen LogP contribution in [-0.2, 0) is 10.2 Å². The van der Waals surface area contributed by atoms with E-state index in [0.717, 1.165) is 18.4 Å². The standard InChI is InChI=1S/C21H34N2O3/c1-20(2,16-8-9-17(25-3)18(12-16)26-4)15-23-19(24)13-21(14-22)10-6-5-7-11-21/h8-9,12H,5-7,10-11,13-15,22H2,1-4H3,(H,23,24). The molecule has 5 nitrogen and oxygen atoms in total. The normalized spacial score (nSPS) is 16.8. The Bertz CT molecular complexity index is 607. The highest BCUT2D eigenvalue weighted by atomic mass is 16.5. The van der Waals surface area contributed by atoms with Crippen LogP contribution in [0.4, 0.5) is 0 Å². The SMILES string of the molecule is COc1ccc(C(C)(C)CNC(=O)CC2(CN)CCCCC2)cc1OC. The fraction of sp³-hybridized carbons (Fsp3) is 0.667. The van der Waals surface area contributed by atoms with Crippen molar-refractivity contribution in [2.75, 3.05) is 27.3 Å². The predicted molar refractivity (Wildman–Crippen MR) is 105 cm³/mol. The maximum absolute atomic E-state index is 12.6. The summed E-state index contributed by atoms with van der Waals surface area (Å²) >= 11 is 0. The molecule has 0 unspecified atom stereocenters. The topological polar surface area (TPSA) is 73.6 Å². The van der Waals surface area contributed by atoms with Crippen molar-refractivity contribution in [2.45, 2.75) is 57.8 Å². The van der Waals surface area contributed by atoms with E-state index in [1.807, 2.05) is 18.2 Å². The average Bonchev–Trinajstić information content (AvgIpc) is 2.66. The van der Waals surface area contributed by atoms with Crippen molar-refractivity contribution in [3.63, 3.8) is 0 Å².